The van der Waals surface area contributed by atoms with E-state index in [0.717, 1.165) is 11.1 Å². The zero-order chi connectivity index (χ0) is 12.8. The molecule has 18 heavy (non-hydrogen) atoms. The van der Waals surface area contributed by atoms with Crippen molar-refractivity contribution in [3.8, 4) is 0 Å². The number of hydrogen-bond acceptors (Lipinski definition) is 2. The highest BCUT2D eigenvalue weighted by molar-refractivity contribution is 6.36. The van der Waals surface area contributed by atoms with E-state index in [9.17, 15) is 0 Å². The normalized spacial score (nSPS) is 10.8. The van der Waals surface area contributed by atoms with Crippen molar-refractivity contribution in [2.45, 2.75) is 6.61 Å². The molecule has 4 heteroatoms. The van der Waals surface area contributed by atoms with E-state index in [-0.39, 0.29) is 0 Å². The predicted octanol–water partition coefficient (Wildman–Crippen LogP) is 4.54. The summed E-state index contributed by atoms with van der Waals surface area (Å²) >= 11 is 11.8. The van der Waals surface area contributed by atoms with Crippen LogP contribution in [0.3, 0.4) is 0 Å². The molecule has 0 saturated carbocycles. The maximum atomic E-state index is 5.99. The second-order valence-electron chi connectivity index (χ2n) is 3.66. The first-order valence-corrected chi connectivity index (χ1v) is 6.15. The Kier molecular flexibility index (Phi) is 4.62. The zero-order valence-electron chi connectivity index (χ0n) is 9.51. The monoisotopic (exact) mass is 279 g/mol. The van der Waals surface area contributed by atoms with Crippen LogP contribution in [0.5, 0.6) is 0 Å². The Labute approximate surface area is 116 Å². The molecule has 2 nitrogen and oxygen atoms in total. The van der Waals surface area contributed by atoms with Crippen LogP contribution in [0.15, 0.2) is 53.7 Å². The third kappa shape index (κ3) is 3.76. The van der Waals surface area contributed by atoms with Crippen LogP contribution >= 0.6 is 23.2 Å². The van der Waals surface area contributed by atoms with Gasteiger partial charge in [0.25, 0.3) is 0 Å². The lowest BCUT2D eigenvalue weighted by molar-refractivity contribution is 0.132. The topological polar surface area (TPSA) is 21.6 Å². The minimum Gasteiger partial charge on any atom is -0.391 e. The number of halogens is 2. The van der Waals surface area contributed by atoms with Crippen LogP contribution < -0.4 is 0 Å². The van der Waals surface area contributed by atoms with Crippen molar-refractivity contribution in [2.24, 2.45) is 5.16 Å². The lowest BCUT2D eigenvalue weighted by Crippen LogP contribution is -1.88. The van der Waals surface area contributed by atoms with Crippen molar-refractivity contribution in [1.82, 2.24) is 0 Å². The highest BCUT2D eigenvalue weighted by atomic mass is 35.5. The first-order valence-electron chi connectivity index (χ1n) is 5.40. The van der Waals surface area contributed by atoms with Gasteiger partial charge in [0.2, 0.25) is 0 Å². The summed E-state index contributed by atoms with van der Waals surface area (Å²) < 4.78 is 0. The van der Waals surface area contributed by atoms with Crippen molar-refractivity contribution in [1.29, 1.82) is 0 Å². The molecule has 0 heterocycles. The maximum Gasteiger partial charge on any atom is 0.142 e. The van der Waals surface area contributed by atoms with Crippen LogP contribution in [-0.2, 0) is 11.4 Å². The van der Waals surface area contributed by atoms with Gasteiger partial charge >= 0.3 is 0 Å². The molecule has 2 aromatic carbocycles. The highest BCUT2D eigenvalue weighted by Crippen LogP contribution is 2.19. The molecule has 0 bridgehead atoms. The van der Waals surface area contributed by atoms with Gasteiger partial charge in [-0.25, -0.2) is 0 Å². The van der Waals surface area contributed by atoms with E-state index in [1.165, 1.54) is 0 Å². The Morgan fingerprint density at radius 2 is 1.83 bits per heavy atom. The van der Waals surface area contributed by atoms with Crippen molar-refractivity contribution in [3.05, 3.63) is 69.7 Å². The van der Waals surface area contributed by atoms with Gasteiger partial charge in [-0.2, -0.15) is 0 Å². The van der Waals surface area contributed by atoms with Gasteiger partial charge in [-0.1, -0.05) is 64.8 Å². The van der Waals surface area contributed by atoms with E-state index < -0.39 is 0 Å². The Morgan fingerprint density at radius 3 is 2.56 bits per heavy atom. The van der Waals surface area contributed by atoms with E-state index in [1.54, 1.807) is 24.4 Å². The molecule has 0 spiro atoms. The minimum absolute atomic E-state index is 0.433. The lowest BCUT2D eigenvalue weighted by Gasteiger charge is -2.00. The molecule has 0 aliphatic heterocycles. The van der Waals surface area contributed by atoms with E-state index in [4.69, 9.17) is 28.0 Å². The fraction of sp³-hybridized carbons (Fsp3) is 0.0714. The average Bonchev–Trinajstić information content (AvgIpc) is 2.38. The van der Waals surface area contributed by atoms with Gasteiger partial charge in [-0.3, -0.25) is 0 Å². The zero-order valence-corrected chi connectivity index (χ0v) is 11.0. The first kappa shape index (κ1) is 12.9. The second-order valence-corrected chi connectivity index (χ2v) is 4.50. The summed E-state index contributed by atoms with van der Waals surface area (Å²) in [6.45, 7) is 0.433. The maximum absolute atomic E-state index is 5.99. The number of benzene rings is 2. The van der Waals surface area contributed by atoms with Crippen LogP contribution in [0, 0.1) is 0 Å². The molecule has 0 aromatic heterocycles. The molecule has 0 aliphatic rings. The van der Waals surface area contributed by atoms with Crippen LogP contribution in [0.4, 0.5) is 0 Å². The summed E-state index contributed by atoms with van der Waals surface area (Å²) in [6, 6.07) is 15.0. The summed E-state index contributed by atoms with van der Waals surface area (Å²) in [5.41, 5.74) is 1.84. The summed E-state index contributed by atoms with van der Waals surface area (Å²) in [4.78, 5) is 5.19. The van der Waals surface area contributed by atoms with Gasteiger partial charge in [-0.05, 0) is 17.7 Å². The number of nitrogens with zero attached hydrogens (tertiary/aromatic N) is 1. The van der Waals surface area contributed by atoms with Gasteiger partial charge in [-0.15, -0.1) is 0 Å². The van der Waals surface area contributed by atoms with Crippen molar-refractivity contribution in [2.75, 3.05) is 0 Å². The third-order valence-electron chi connectivity index (χ3n) is 2.30. The van der Waals surface area contributed by atoms with Gasteiger partial charge in [0.15, 0.2) is 0 Å². The quantitative estimate of drug-likeness (QED) is 0.595. The molecular weight excluding hydrogens is 269 g/mol. The fourth-order valence-electron chi connectivity index (χ4n) is 1.39. The summed E-state index contributed by atoms with van der Waals surface area (Å²) in [5, 5.41) is 5.02. The molecule has 0 aliphatic carbocycles. The minimum atomic E-state index is 0.433. The summed E-state index contributed by atoms with van der Waals surface area (Å²) in [7, 11) is 0. The van der Waals surface area contributed by atoms with Crippen LogP contribution in [-0.4, -0.2) is 6.21 Å². The molecule has 0 fully saturated rings. The molecule has 2 aromatic rings. The molecule has 0 atom stereocenters. The van der Waals surface area contributed by atoms with Gasteiger partial charge in [0.05, 0.1) is 11.2 Å². The van der Waals surface area contributed by atoms with E-state index >= 15 is 0 Å². The average molecular weight is 280 g/mol. The number of oxime groups is 1. The SMILES string of the molecule is Clc1ccc(C=NOCc2ccccc2)c(Cl)c1. The molecule has 0 saturated heterocycles. The molecule has 0 N–H and O–H groups in total. The third-order valence-corrected chi connectivity index (χ3v) is 2.87. The number of hydrogen-bond donors (Lipinski definition) is 0. The second kappa shape index (κ2) is 6.43. The molecule has 0 radical (unpaired) electrons. The predicted molar refractivity (Wildman–Crippen MR) is 75.3 cm³/mol. The molecule has 0 amide bonds. The van der Waals surface area contributed by atoms with Gasteiger partial charge < -0.3 is 4.84 Å². The van der Waals surface area contributed by atoms with Gasteiger partial charge in [0, 0.05) is 10.6 Å². The Morgan fingerprint density at radius 1 is 1.06 bits per heavy atom. The molecule has 0 unspecified atom stereocenters. The summed E-state index contributed by atoms with van der Waals surface area (Å²) in [6.07, 6.45) is 1.57. The first-order chi connectivity index (χ1) is 8.75. The molecule has 2 rings (SSSR count). The van der Waals surface area contributed by atoms with Crippen molar-refractivity contribution >= 4 is 29.4 Å². The van der Waals surface area contributed by atoms with Crippen LogP contribution in [0.2, 0.25) is 10.0 Å². The number of rotatable bonds is 4. The van der Waals surface area contributed by atoms with Crippen molar-refractivity contribution in [3.63, 3.8) is 0 Å². The fourth-order valence-corrected chi connectivity index (χ4v) is 1.84. The van der Waals surface area contributed by atoms with Crippen molar-refractivity contribution < 1.29 is 4.84 Å². The Bertz CT molecular complexity index is 541. The molecular formula is C14H11Cl2NO. The Hall–Kier alpha value is -1.51. The van der Waals surface area contributed by atoms with Crippen LogP contribution in [0.1, 0.15) is 11.1 Å². The Balaban J connectivity index is 1.92. The smallest absolute Gasteiger partial charge is 0.142 e. The van der Waals surface area contributed by atoms with Crippen LogP contribution in [0.25, 0.3) is 0 Å². The highest BCUT2D eigenvalue weighted by Gasteiger charge is 1.98. The van der Waals surface area contributed by atoms with E-state index in [2.05, 4.69) is 5.16 Å². The van der Waals surface area contributed by atoms with Gasteiger partial charge in [0.1, 0.15) is 6.61 Å². The van der Waals surface area contributed by atoms with E-state index in [1.807, 2.05) is 30.3 Å². The lowest BCUT2D eigenvalue weighted by atomic mass is 10.2. The summed E-state index contributed by atoms with van der Waals surface area (Å²) in [5.74, 6) is 0. The standard InChI is InChI=1S/C14H11Cl2NO/c15-13-7-6-12(14(16)8-13)9-17-18-10-11-4-2-1-3-5-11/h1-9H,10H2. The largest absolute Gasteiger partial charge is 0.391 e. The molecule has 92 valence electrons. The van der Waals surface area contributed by atoms with E-state index in [0.29, 0.717) is 16.7 Å².